The van der Waals surface area contributed by atoms with Gasteiger partial charge in [-0.15, -0.1) is 0 Å². The van der Waals surface area contributed by atoms with Gasteiger partial charge in [-0.2, -0.15) is 0 Å². The molecule has 4 N–H and O–H groups in total. The molecule has 2 aromatic rings. The molecule has 0 saturated carbocycles. The van der Waals surface area contributed by atoms with Crippen molar-refractivity contribution in [3.05, 3.63) is 84.5 Å². The third-order valence-corrected chi connectivity index (χ3v) is 7.16. The van der Waals surface area contributed by atoms with Crippen molar-refractivity contribution in [2.45, 2.75) is 36.5 Å². The lowest BCUT2D eigenvalue weighted by molar-refractivity contribution is 0.249. The Hall–Kier alpha value is -2.90. The molecule has 0 fully saturated rings. The van der Waals surface area contributed by atoms with Gasteiger partial charge in [0.1, 0.15) is 0 Å². The highest BCUT2D eigenvalue weighted by molar-refractivity contribution is 7.93. The van der Waals surface area contributed by atoms with Gasteiger partial charge in [0.25, 0.3) is 0 Å². The minimum atomic E-state index is -3.64. The molecule has 7 heteroatoms. The van der Waals surface area contributed by atoms with Crippen LogP contribution in [0.4, 0.5) is 10.5 Å². The zero-order valence-corrected chi connectivity index (χ0v) is 18.4. The monoisotopic (exact) mass is 427 g/mol. The van der Waals surface area contributed by atoms with Crippen LogP contribution in [0.5, 0.6) is 0 Å². The number of benzene rings is 2. The van der Waals surface area contributed by atoms with E-state index in [2.05, 4.69) is 17.2 Å². The zero-order valence-electron chi connectivity index (χ0n) is 17.6. The number of amides is 2. The van der Waals surface area contributed by atoms with Crippen molar-refractivity contribution in [3.63, 3.8) is 0 Å². The summed E-state index contributed by atoms with van der Waals surface area (Å²) in [6, 6.07) is 15.2. The second kappa shape index (κ2) is 9.73. The molecule has 0 bridgehead atoms. The van der Waals surface area contributed by atoms with E-state index >= 15 is 0 Å². The fourth-order valence-electron chi connectivity index (χ4n) is 2.69. The van der Waals surface area contributed by atoms with E-state index in [0.29, 0.717) is 11.3 Å². The van der Waals surface area contributed by atoms with Gasteiger partial charge >= 0.3 is 6.03 Å². The Bertz CT molecular complexity index is 1010. The smallest absolute Gasteiger partial charge is 0.319 e. The number of anilines is 1. The molecule has 0 aromatic heterocycles. The van der Waals surface area contributed by atoms with Gasteiger partial charge in [0.15, 0.2) is 9.84 Å². The average Bonchev–Trinajstić information content (AvgIpc) is 2.72. The van der Waals surface area contributed by atoms with Crippen molar-refractivity contribution in [3.8, 4) is 0 Å². The van der Waals surface area contributed by atoms with E-state index in [4.69, 9.17) is 5.73 Å². The zero-order chi connectivity index (χ0) is 22.4. The molecule has 0 saturated heterocycles. The number of nitrogens with one attached hydrogen (secondary N) is 2. The van der Waals surface area contributed by atoms with E-state index in [1.807, 2.05) is 37.3 Å². The van der Waals surface area contributed by atoms with Crippen molar-refractivity contribution in [2.24, 2.45) is 5.73 Å². The maximum absolute atomic E-state index is 13.0. The van der Waals surface area contributed by atoms with Gasteiger partial charge in [0.2, 0.25) is 0 Å². The Balaban J connectivity index is 2.07. The third-order valence-electron chi connectivity index (χ3n) is 4.74. The minimum Gasteiger partial charge on any atom is -0.331 e. The van der Waals surface area contributed by atoms with Crippen molar-refractivity contribution in [1.29, 1.82) is 0 Å². The van der Waals surface area contributed by atoms with E-state index in [-0.39, 0.29) is 23.5 Å². The van der Waals surface area contributed by atoms with Crippen LogP contribution in [0.25, 0.3) is 0 Å². The normalized spacial score (nSPS) is 13.1. The molecule has 160 valence electrons. The summed E-state index contributed by atoms with van der Waals surface area (Å²) in [7, 11) is -3.64. The van der Waals surface area contributed by atoms with E-state index in [1.54, 1.807) is 38.1 Å². The molecule has 1 atom stereocenters. The van der Waals surface area contributed by atoms with Gasteiger partial charge in [-0.3, -0.25) is 0 Å². The highest BCUT2D eigenvalue weighted by atomic mass is 32.2. The Morgan fingerprint density at radius 1 is 1.13 bits per heavy atom. The van der Waals surface area contributed by atoms with Gasteiger partial charge in [0.05, 0.1) is 15.7 Å². The Morgan fingerprint density at radius 2 is 1.73 bits per heavy atom. The number of urea groups is 1. The van der Waals surface area contributed by atoms with Crippen LogP contribution in [-0.2, 0) is 9.84 Å². The van der Waals surface area contributed by atoms with Gasteiger partial charge in [-0.05, 0) is 56.2 Å². The molecule has 2 amide bonds. The quantitative estimate of drug-likeness (QED) is 0.550. The number of carbonyl (C=O) groups is 1. The van der Waals surface area contributed by atoms with Crippen LogP contribution in [-0.4, -0.2) is 25.7 Å². The van der Waals surface area contributed by atoms with E-state index in [9.17, 15) is 13.2 Å². The number of hydrogen-bond donors (Lipinski definition) is 3. The predicted molar refractivity (Wildman–Crippen MR) is 122 cm³/mol. The molecule has 0 aliphatic carbocycles. The largest absolute Gasteiger partial charge is 0.331 e. The minimum absolute atomic E-state index is 0.165. The second-order valence-corrected chi connectivity index (χ2v) is 10.1. The molecule has 6 nitrogen and oxygen atoms in total. The van der Waals surface area contributed by atoms with Crippen LogP contribution in [0.15, 0.2) is 83.8 Å². The summed E-state index contributed by atoms with van der Waals surface area (Å²) in [5.41, 5.74) is 7.63. The van der Waals surface area contributed by atoms with Crippen LogP contribution in [0.2, 0.25) is 0 Å². The number of nitrogens with two attached hydrogens (primary N) is 1. The summed E-state index contributed by atoms with van der Waals surface area (Å²) in [6.45, 7) is 9.14. The predicted octanol–water partition coefficient (Wildman–Crippen LogP) is 4.19. The molecule has 0 heterocycles. The van der Waals surface area contributed by atoms with Crippen molar-refractivity contribution in [1.82, 2.24) is 5.32 Å². The molecule has 30 heavy (non-hydrogen) atoms. The number of rotatable bonds is 8. The molecule has 0 radical (unpaired) electrons. The highest BCUT2D eigenvalue weighted by Crippen LogP contribution is 2.28. The Kier molecular flexibility index (Phi) is 7.59. The lowest BCUT2D eigenvalue weighted by atomic mass is 10.1. The molecule has 0 aliphatic heterocycles. The SMILES string of the molecule is C=C(/C=C\C(C)(C)S(=O)(=O)c1ccc(NC(=O)NC(C)c2ccccc2)cc1)CN. The standard InChI is InChI=1S/C23H29N3O3S/c1-17(16-24)14-15-23(3,4)30(28,29)21-12-10-20(11-13-21)26-22(27)25-18(2)19-8-6-5-7-9-19/h5-15,18H,1,16,24H2,2-4H3,(H2,25,26,27)/b15-14-. The summed E-state index contributed by atoms with van der Waals surface area (Å²) < 4.78 is 24.8. The fraction of sp³-hybridized carbons (Fsp3) is 0.261. The summed E-state index contributed by atoms with van der Waals surface area (Å²) in [5, 5.41) is 5.57. The Morgan fingerprint density at radius 3 is 2.30 bits per heavy atom. The van der Waals surface area contributed by atoms with Gasteiger partial charge < -0.3 is 16.4 Å². The van der Waals surface area contributed by atoms with Crippen molar-refractivity contribution < 1.29 is 13.2 Å². The topological polar surface area (TPSA) is 101 Å². The molecular weight excluding hydrogens is 398 g/mol. The van der Waals surface area contributed by atoms with Gasteiger partial charge in [-0.1, -0.05) is 49.1 Å². The maximum Gasteiger partial charge on any atom is 0.319 e. The summed E-state index contributed by atoms with van der Waals surface area (Å²) in [4.78, 5) is 12.4. The molecule has 0 aliphatic rings. The first-order valence-electron chi connectivity index (χ1n) is 9.61. The second-order valence-electron chi connectivity index (χ2n) is 7.56. The van der Waals surface area contributed by atoms with Gasteiger partial charge in [-0.25, -0.2) is 13.2 Å². The molecule has 0 spiro atoms. The number of sulfone groups is 1. The summed E-state index contributed by atoms with van der Waals surface area (Å²) >= 11 is 0. The summed E-state index contributed by atoms with van der Waals surface area (Å²) in [5.74, 6) is 0. The lowest BCUT2D eigenvalue weighted by Crippen LogP contribution is -2.31. The van der Waals surface area contributed by atoms with Crippen LogP contribution >= 0.6 is 0 Å². The van der Waals surface area contributed by atoms with Crippen molar-refractivity contribution in [2.75, 3.05) is 11.9 Å². The first-order valence-corrected chi connectivity index (χ1v) is 11.1. The molecule has 2 rings (SSSR count). The van der Waals surface area contributed by atoms with Crippen LogP contribution < -0.4 is 16.4 Å². The average molecular weight is 428 g/mol. The molecule has 1 unspecified atom stereocenters. The van der Waals surface area contributed by atoms with Crippen molar-refractivity contribution >= 4 is 21.6 Å². The fourth-order valence-corrected chi connectivity index (χ4v) is 4.04. The van der Waals surface area contributed by atoms with Crippen LogP contribution in [0.3, 0.4) is 0 Å². The van der Waals surface area contributed by atoms with Crippen LogP contribution in [0.1, 0.15) is 32.4 Å². The van der Waals surface area contributed by atoms with E-state index < -0.39 is 14.6 Å². The number of hydrogen-bond acceptors (Lipinski definition) is 4. The lowest BCUT2D eigenvalue weighted by Gasteiger charge is -2.21. The van der Waals surface area contributed by atoms with E-state index in [0.717, 1.165) is 5.56 Å². The van der Waals surface area contributed by atoms with Gasteiger partial charge in [0, 0.05) is 12.2 Å². The highest BCUT2D eigenvalue weighted by Gasteiger charge is 2.33. The third kappa shape index (κ3) is 5.81. The molecular formula is C23H29N3O3S. The molecule has 2 aromatic carbocycles. The first kappa shape index (κ1) is 23.4. The van der Waals surface area contributed by atoms with Crippen LogP contribution in [0, 0.1) is 0 Å². The number of carbonyl (C=O) groups excluding carboxylic acids is 1. The maximum atomic E-state index is 13.0. The summed E-state index contributed by atoms with van der Waals surface area (Å²) in [6.07, 6.45) is 3.22. The first-order chi connectivity index (χ1) is 14.1. The Labute approximate surface area is 178 Å². The van der Waals surface area contributed by atoms with E-state index in [1.165, 1.54) is 12.1 Å².